The highest BCUT2D eigenvalue weighted by Crippen LogP contribution is 2.04. The summed E-state index contributed by atoms with van der Waals surface area (Å²) in [6.07, 6.45) is 2.81. The first-order valence-corrected chi connectivity index (χ1v) is 7.52. The van der Waals surface area contributed by atoms with Gasteiger partial charge in [0.05, 0.1) is 11.4 Å². The Hall–Kier alpha value is -1.78. The number of nitrogens with one attached hydrogen (secondary N) is 1. The van der Waals surface area contributed by atoms with Crippen LogP contribution >= 0.6 is 0 Å². The van der Waals surface area contributed by atoms with E-state index in [1.807, 2.05) is 18.3 Å². The van der Waals surface area contributed by atoms with Crippen molar-refractivity contribution in [2.24, 2.45) is 0 Å². The van der Waals surface area contributed by atoms with E-state index in [4.69, 9.17) is 0 Å². The maximum Gasteiger partial charge on any atom is 0.0547 e. The van der Waals surface area contributed by atoms with Crippen molar-refractivity contribution >= 4 is 0 Å². The van der Waals surface area contributed by atoms with Crippen LogP contribution in [0, 0.1) is 0 Å². The Morgan fingerprint density at radius 2 is 1.86 bits per heavy atom. The van der Waals surface area contributed by atoms with Gasteiger partial charge in [0.1, 0.15) is 0 Å². The molecule has 0 amide bonds. The highest BCUT2D eigenvalue weighted by molar-refractivity contribution is 5.11. The van der Waals surface area contributed by atoms with E-state index < -0.39 is 0 Å². The molecular formula is C17H24N4. The molecule has 2 rings (SSSR count). The molecule has 0 spiro atoms. The van der Waals surface area contributed by atoms with E-state index in [9.17, 15) is 0 Å². The smallest absolute Gasteiger partial charge is 0.0547 e. The van der Waals surface area contributed by atoms with Crippen molar-refractivity contribution < 1.29 is 0 Å². The molecule has 0 aliphatic carbocycles. The van der Waals surface area contributed by atoms with Gasteiger partial charge in [0.15, 0.2) is 0 Å². The van der Waals surface area contributed by atoms with Crippen LogP contribution in [-0.4, -0.2) is 35.0 Å². The van der Waals surface area contributed by atoms with E-state index in [1.165, 1.54) is 0 Å². The highest BCUT2D eigenvalue weighted by Gasteiger charge is 2.04. The quantitative estimate of drug-likeness (QED) is 0.807. The van der Waals surface area contributed by atoms with Crippen LogP contribution < -0.4 is 5.32 Å². The van der Waals surface area contributed by atoms with Crippen LogP contribution in [0.5, 0.6) is 0 Å². The molecule has 0 aromatic carbocycles. The van der Waals surface area contributed by atoms with Crippen LogP contribution in [0.15, 0.2) is 42.6 Å². The van der Waals surface area contributed by atoms with Crippen LogP contribution in [-0.2, 0) is 19.5 Å². The zero-order valence-corrected chi connectivity index (χ0v) is 12.9. The average molecular weight is 284 g/mol. The van der Waals surface area contributed by atoms with Gasteiger partial charge in [-0.05, 0) is 37.9 Å². The maximum absolute atomic E-state index is 4.69. The summed E-state index contributed by atoms with van der Waals surface area (Å²) in [5.74, 6) is 0. The Morgan fingerprint density at radius 1 is 1.05 bits per heavy atom. The van der Waals surface area contributed by atoms with Crippen molar-refractivity contribution in [2.75, 3.05) is 20.1 Å². The monoisotopic (exact) mass is 284 g/mol. The van der Waals surface area contributed by atoms with Crippen molar-refractivity contribution in [3.63, 3.8) is 0 Å². The van der Waals surface area contributed by atoms with E-state index >= 15 is 0 Å². The van der Waals surface area contributed by atoms with Gasteiger partial charge in [-0.3, -0.25) is 9.97 Å². The molecule has 0 atom stereocenters. The van der Waals surface area contributed by atoms with Crippen molar-refractivity contribution in [1.29, 1.82) is 0 Å². The third-order valence-corrected chi connectivity index (χ3v) is 3.33. The number of hydrogen-bond acceptors (Lipinski definition) is 4. The number of aromatic nitrogens is 2. The molecule has 0 aliphatic rings. The molecule has 0 fully saturated rings. The van der Waals surface area contributed by atoms with E-state index in [1.54, 1.807) is 0 Å². The van der Waals surface area contributed by atoms with Crippen molar-refractivity contribution in [1.82, 2.24) is 20.2 Å². The van der Waals surface area contributed by atoms with Crippen LogP contribution in [0.25, 0.3) is 0 Å². The molecule has 21 heavy (non-hydrogen) atoms. The third-order valence-electron chi connectivity index (χ3n) is 3.33. The summed E-state index contributed by atoms with van der Waals surface area (Å²) in [4.78, 5) is 11.3. The molecule has 0 bridgehead atoms. The van der Waals surface area contributed by atoms with Gasteiger partial charge in [0, 0.05) is 37.9 Å². The van der Waals surface area contributed by atoms with Crippen LogP contribution in [0.1, 0.15) is 24.0 Å². The maximum atomic E-state index is 4.69. The summed E-state index contributed by atoms with van der Waals surface area (Å²) in [5, 5.41) is 3.31. The van der Waals surface area contributed by atoms with Gasteiger partial charge in [-0.2, -0.15) is 0 Å². The number of likely N-dealkylation sites (N-methyl/N-ethyl adjacent to an activating group) is 1. The molecule has 0 unspecified atom stereocenters. The average Bonchev–Trinajstić information content (AvgIpc) is 2.52. The van der Waals surface area contributed by atoms with Gasteiger partial charge in [-0.15, -0.1) is 0 Å². The normalized spacial score (nSPS) is 11.0. The summed E-state index contributed by atoms with van der Waals surface area (Å²) < 4.78 is 0. The molecule has 0 radical (unpaired) electrons. The molecule has 0 saturated carbocycles. The molecule has 2 heterocycles. The Balaban J connectivity index is 1.83. The van der Waals surface area contributed by atoms with Gasteiger partial charge in [0.2, 0.25) is 0 Å². The fourth-order valence-corrected chi connectivity index (χ4v) is 2.18. The fourth-order valence-electron chi connectivity index (χ4n) is 2.18. The van der Waals surface area contributed by atoms with Crippen molar-refractivity contribution in [3.8, 4) is 0 Å². The lowest BCUT2D eigenvalue weighted by Gasteiger charge is -2.16. The zero-order valence-electron chi connectivity index (χ0n) is 12.9. The van der Waals surface area contributed by atoms with Crippen LogP contribution in [0.4, 0.5) is 0 Å². The second kappa shape index (κ2) is 8.49. The molecule has 1 N–H and O–H groups in total. The van der Waals surface area contributed by atoms with E-state index in [0.717, 1.165) is 49.7 Å². The van der Waals surface area contributed by atoms with E-state index in [-0.39, 0.29) is 0 Å². The molecule has 2 aromatic rings. The summed E-state index contributed by atoms with van der Waals surface area (Å²) in [7, 11) is 2.13. The minimum atomic E-state index is 0.835. The van der Waals surface area contributed by atoms with Crippen molar-refractivity contribution in [2.45, 2.75) is 26.4 Å². The minimum absolute atomic E-state index is 0.835. The van der Waals surface area contributed by atoms with E-state index in [0.29, 0.717) is 0 Å². The minimum Gasteiger partial charge on any atom is -0.311 e. The summed E-state index contributed by atoms with van der Waals surface area (Å²) in [6.45, 7) is 5.76. The van der Waals surface area contributed by atoms with Gasteiger partial charge in [-0.25, -0.2) is 0 Å². The largest absolute Gasteiger partial charge is 0.311 e. The molecule has 2 aromatic heterocycles. The van der Waals surface area contributed by atoms with Crippen molar-refractivity contribution in [3.05, 3.63) is 59.7 Å². The molecule has 112 valence electrons. The lowest BCUT2D eigenvalue weighted by atomic mass is 10.2. The summed E-state index contributed by atoms with van der Waals surface area (Å²) >= 11 is 0. The molecular weight excluding hydrogens is 260 g/mol. The second-order valence-corrected chi connectivity index (χ2v) is 5.21. The van der Waals surface area contributed by atoms with E-state index in [2.05, 4.69) is 58.4 Å². The first-order valence-electron chi connectivity index (χ1n) is 7.52. The summed E-state index contributed by atoms with van der Waals surface area (Å²) in [6, 6.07) is 12.3. The molecule has 4 heteroatoms. The van der Waals surface area contributed by atoms with Gasteiger partial charge in [0.25, 0.3) is 0 Å². The topological polar surface area (TPSA) is 41.0 Å². The number of nitrogens with zero attached hydrogens (tertiary/aromatic N) is 3. The zero-order chi connectivity index (χ0) is 14.9. The Morgan fingerprint density at radius 3 is 2.62 bits per heavy atom. The Bertz CT molecular complexity index is 527. The lowest BCUT2D eigenvalue weighted by Crippen LogP contribution is -2.22. The Kier molecular flexibility index (Phi) is 6.31. The molecule has 4 nitrogen and oxygen atoms in total. The molecule has 0 saturated heterocycles. The van der Waals surface area contributed by atoms with Gasteiger partial charge >= 0.3 is 0 Å². The van der Waals surface area contributed by atoms with Gasteiger partial charge in [-0.1, -0.05) is 19.1 Å². The Labute approximate surface area is 127 Å². The highest BCUT2D eigenvalue weighted by atomic mass is 15.1. The first-order chi connectivity index (χ1) is 10.3. The predicted octanol–water partition coefficient (Wildman–Crippen LogP) is 2.26. The second-order valence-electron chi connectivity index (χ2n) is 5.21. The number of rotatable bonds is 8. The number of pyridine rings is 2. The standard InChI is InChI=1S/C17H24N4/c1-3-18-13-16-8-6-9-17(20-16)14-21(2)12-10-15-7-4-5-11-19-15/h4-9,11,18H,3,10,12-14H2,1-2H3. The SMILES string of the molecule is CCNCc1cccc(CN(C)CCc2ccccn2)n1. The number of hydrogen-bond donors (Lipinski definition) is 1. The first kappa shape index (κ1) is 15.6. The fraction of sp³-hybridized carbons (Fsp3) is 0.412. The lowest BCUT2D eigenvalue weighted by molar-refractivity contribution is 0.325. The van der Waals surface area contributed by atoms with Gasteiger partial charge < -0.3 is 10.2 Å². The predicted molar refractivity (Wildman–Crippen MR) is 85.9 cm³/mol. The molecule has 0 aliphatic heterocycles. The van der Waals surface area contributed by atoms with Crippen LogP contribution in [0.3, 0.4) is 0 Å². The van der Waals surface area contributed by atoms with Crippen LogP contribution in [0.2, 0.25) is 0 Å². The third kappa shape index (κ3) is 5.61. The summed E-state index contributed by atoms with van der Waals surface area (Å²) in [5.41, 5.74) is 3.36.